The van der Waals surface area contributed by atoms with Crippen molar-refractivity contribution in [1.82, 2.24) is 9.80 Å². The van der Waals surface area contributed by atoms with Gasteiger partial charge < -0.3 is 25.0 Å². The van der Waals surface area contributed by atoms with Gasteiger partial charge in [0.15, 0.2) is 11.5 Å². The molecule has 0 saturated carbocycles. The maximum Gasteiger partial charge on any atom is 0.254 e. The van der Waals surface area contributed by atoms with E-state index in [4.69, 9.17) is 15.2 Å². The molecule has 0 radical (unpaired) electrons. The molecule has 1 aliphatic rings. The number of carbonyl (C=O) groups excluding carboxylic acids is 2. The zero-order valence-corrected chi connectivity index (χ0v) is 13.6. The Kier molecular flexibility index (Phi) is 5.81. The summed E-state index contributed by atoms with van der Waals surface area (Å²) in [5, 5.41) is 0. The number of hydrogen-bond donors (Lipinski definition) is 1. The highest BCUT2D eigenvalue weighted by Gasteiger charge is 2.25. The van der Waals surface area contributed by atoms with E-state index in [1.807, 2.05) is 0 Å². The van der Waals surface area contributed by atoms with E-state index in [2.05, 4.69) is 0 Å². The van der Waals surface area contributed by atoms with Gasteiger partial charge in [-0.3, -0.25) is 9.59 Å². The van der Waals surface area contributed by atoms with E-state index in [0.29, 0.717) is 56.2 Å². The molecular formula is C16H23N3O4. The predicted octanol–water partition coefficient (Wildman–Crippen LogP) is 0.337. The van der Waals surface area contributed by atoms with E-state index in [9.17, 15) is 9.59 Å². The van der Waals surface area contributed by atoms with Crippen LogP contribution in [0.5, 0.6) is 11.5 Å². The first-order valence-corrected chi connectivity index (χ1v) is 7.59. The molecule has 2 N–H and O–H groups in total. The van der Waals surface area contributed by atoms with Gasteiger partial charge in [0.05, 0.1) is 14.2 Å². The molecule has 23 heavy (non-hydrogen) atoms. The van der Waals surface area contributed by atoms with Gasteiger partial charge in [-0.1, -0.05) is 0 Å². The minimum Gasteiger partial charge on any atom is -0.493 e. The second-order valence-electron chi connectivity index (χ2n) is 5.28. The number of nitrogens with two attached hydrogens (primary N) is 1. The Labute approximate surface area is 135 Å². The summed E-state index contributed by atoms with van der Waals surface area (Å²) in [5.41, 5.74) is 5.95. The summed E-state index contributed by atoms with van der Waals surface area (Å²) in [7, 11) is 3.09. The van der Waals surface area contributed by atoms with Crippen LogP contribution in [0.4, 0.5) is 0 Å². The van der Waals surface area contributed by atoms with Gasteiger partial charge in [0.1, 0.15) is 0 Å². The van der Waals surface area contributed by atoms with Crippen molar-refractivity contribution >= 4 is 11.8 Å². The number of nitrogens with zero attached hydrogens (tertiary/aromatic N) is 2. The number of rotatable bonds is 5. The highest BCUT2D eigenvalue weighted by molar-refractivity contribution is 5.95. The van der Waals surface area contributed by atoms with Gasteiger partial charge in [-0.05, 0) is 18.2 Å². The van der Waals surface area contributed by atoms with E-state index in [1.54, 1.807) is 35.1 Å². The Balaban J connectivity index is 2.01. The highest BCUT2D eigenvalue weighted by atomic mass is 16.5. The zero-order chi connectivity index (χ0) is 16.8. The molecule has 1 saturated heterocycles. The Morgan fingerprint density at radius 1 is 1.04 bits per heavy atom. The minimum atomic E-state index is -0.0723. The minimum absolute atomic E-state index is 0.0470. The quantitative estimate of drug-likeness (QED) is 0.845. The molecule has 0 aromatic heterocycles. The lowest BCUT2D eigenvalue weighted by molar-refractivity contribution is -0.132. The van der Waals surface area contributed by atoms with Gasteiger partial charge >= 0.3 is 0 Å². The Hall–Kier alpha value is -2.28. The maximum atomic E-state index is 12.6. The van der Waals surface area contributed by atoms with Crippen LogP contribution in [0, 0.1) is 0 Å². The lowest BCUT2D eigenvalue weighted by Crippen LogP contribution is -2.50. The van der Waals surface area contributed by atoms with Crippen molar-refractivity contribution in [2.45, 2.75) is 6.42 Å². The van der Waals surface area contributed by atoms with Crippen LogP contribution < -0.4 is 15.2 Å². The van der Waals surface area contributed by atoms with Crippen molar-refractivity contribution in [2.24, 2.45) is 5.73 Å². The van der Waals surface area contributed by atoms with E-state index in [0.717, 1.165) is 0 Å². The van der Waals surface area contributed by atoms with E-state index < -0.39 is 0 Å². The smallest absolute Gasteiger partial charge is 0.254 e. The summed E-state index contributed by atoms with van der Waals surface area (Å²) in [5.74, 6) is 1.08. The molecule has 1 aromatic rings. The zero-order valence-electron chi connectivity index (χ0n) is 13.6. The molecule has 2 amide bonds. The van der Waals surface area contributed by atoms with Gasteiger partial charge in [0, 0.05) is 44.7 Å². The van der Waals surface area contributed by atoms with E-state index in [-0.39, 0.29) is 11.8 Å². The van der Waals surface area contributed by atoms with Crippen LogP contribution in [0.2, 0.25) is 0 Å². The fourth-order valence-electron chi connectivity index (χ4n) is 2.59. The standard InChI is InChI=1S/C16H23N3O4/c1-22-13-4-3-12(11-14(13)23-2)16(21)19-9-7-18(8-10-19)15(20)5-6-17/h3-4,11H,5-10,17H2,1-2H3. The molecule has 1 aliphatic heterocycles. The van der Waals surface area contributed by atoms with Crippen LogP contribution in [-0.4, -0.2) is 68.6 Å². The molecule has 0 aliphatic carbocycles. The van der Waals surface area contributed by atoms with Gasteiger partial charge in [-0.15, -0.1) is 0 Å². The summed E-state index contributed by atoms with van der Waals surface area (Å²) in [6, 6.07) is 5.11. The second-order valence-corrected chi connectivity index (χ2v) is 5.28. The largest absolute Gasteiger partial charge is 0.493 e. The van der Waals surface area contributed by atoms with Crippen LogP contribution in [0.15, 0.2) is 18.2 Å². The third-order valence-electron chi connectivity index (χ3n) is 3.91. The van der Waals surface area contributed by atoms with Crippen molar-refractivity contribution < 1.29 is 19.1 Å². The van der Waals surface area contributed by atoms with Gasteiger partial charge in [-0.2, -0.15) is 0 Å². The SMILES string of the molecule is COc1ccc(C(=O)N2CCN(C(=O)CCN)CC2)cc1OC. The summed E-state index contributed by atoms with van der Waals surface area (Å²) in [4.78, 5) is 27.9. The summed E-state index contributed by atoms with van der Waals surface area (Å²) >= 11 is 0. The van der Waals surface area contributed by atoms with Crippen molar-refractivity contribution in [3.8, 4) is 11.5 Å². The lowest BCUT2D eigenvalue weighted by Gasteiger charge is -2.35. The summed E-state index contributed by atoms with van der Waals surface area (Å²) in [6.07, 6.45) is 0.351. The van der Waals surface area contributed by atoms with Crippen molar-refractivity contribution in [3.63, 3.8) is 0 Å². The van der Waals surface area contributed by atoms with Crippen molar-refractivity contribution in [3.05, 3.63) is 23.8 Å². The molecular weight excluding hydrogens is 298 g/mol. The average Bonchev–Trinajstić information content (AvgIpc) is 2.60. The number of carbonyl (C=O) groups is 2. The van der Waals surface area contributed by atoms with Crippen LogP contribution in [0.3, 0.4) is 0 Å². The fourth-order valence-corrected chi connectivity index (χ4v) is 2.59. The molecule has 7 nitrogen and oxygen atoms in total. The third-order valence-corrected chi connectivity index (χ3v) is 3.91. The molecule has 1 aromatic carbocycles. The van der Waals surface area contributed by atoms with Crippen LogP contribution >= 0.6 is 0 Å². The number of ether oxygens (including phenoxy) is 2. The third kappa shape index (κ3) is 3.92. The lowest BCUT2D eigenvalue weighted by atomic mass is 10.1. The monoisotopic (exact) mass is 321 g/mol. The molecule has 0 atom stereocenters. The summed E-state index contributed by atoms with van der Waals surface area (Å²) < 4.78 is 10.4. The first-order chi connectivity index (χ1) is 11.1. The molecule has 0 unspecified atom stereocenters. The first-order valence-electron chi connectivity index (χ1n) is 7.59. The Morgan fingerprint density at radius 3 is 2.22 bits per heavy atom. The second kappa shape index (κ2) is 7.82. The molecule has 2 rings (SSSR count). The van der Waals surface area contributed by atoms with Gasteiger partial charge in [0.25, 0.3) is 5.91 Å². The number of piperazine rings is 1. The Bertz CT molecular complexity index is 568. The van der Waals surface area contributed by atoms with Crippen molar-refractivity contribution in [2.75, 3.05) is 46.9 Å². The van der Waals surface area contributed by atoms with E-state index in [1.165, 1.54) is 7.11 Å². The number of benzene rings is 1. The maximum absolute atomic E-state index is 12.6. The van der Waals surface area contributed by atoms with Gasteiger partial charge in [-0.25, -0.2) is 0 Å². The first kappa shape index (κ1) is 17.1. The number of hydrogen-bond acceptors (Lipinski definition) is 5. The van der Waals surface area contributed by atoms with Crippen LogP contribution in [0.1, 0.15) is 16.8 Å². The predicted molar refractivity (Wildman–Crippen MR) is 85.7 cm³/mol. The van der Waals surface area contributed by atoms with Crippen molar-refractivity contribution in [1.29, 1.82) is 0 Å². The molecule has 0 spiro atoms. The van der Waals surface area contributed by atoms with Crippen LogP contribution in [0.25, 0.3) is 0 Å². The van der Waals surface area contributed by atoms with Gasteiger partial charge in [0.2, 0.25) is 5.91 Å². The normalized spacial score (nSPS) is 14.6. The number of methoxy groups -OCH3 is 2. The molecule has 126 valence electrons. The Morgan fingerprint density at radius 2 is 1.65 bits per heavy atom. The summed E-state index contributed by atoms with van der Waals surface area (Å²) in [6.45, 7) is 2.46. The van der Waals surface area contributed by atoms with Crippen LogP contribution in [-0.2, 0) is 4.79 Å². The van der Waals surface area contributed by atoms with E-state index >= 15 is 0 Å². The number of amides is 2. The highest BCUT2D eigenvalue weighted by Crippen LogP contribution is 2.28. The average molecular weight is 321 g/mol. The molecule has 1 heterocycles. The fraction of sp³-hybridized carbons (Fsp3) is 0.500. The molecule has 1 fully saturated rings. The topological polar surface area (TPSA) is 85.1 Å². The molecule has 0 bridgehead atoms. The molecule has 7 heteroatoms.